The summed E-state index contributed by atoms with van der Waals surface area (Å²) in [6.45, 7) is 2.70. The molecule has 1 saturated heterocycles. The first-order valence-corrected chi connectivity index (χ1v) is 10.9. The number of carbonyl (C=O) groups excluding carboxylic acids is 1. The van der Waals surface area contributed by atoms with Gasteiger partial charge in [-0.2, -0.15) is 0 Å². The zero-order chi connectivity index (χ0) is 22.3. The average Bonchev–Trinajstić information content (AvgIpc) is 3.27. The first-order chi connectivity index (χ1) is 15.7. The van der Waals surface area contributed by atoms with Crippen molar-refractivity contribution in [2.24, 2.45) is 5.92 Å². The third kappa shape index (κ3) is 5.11. The van der Waals surface area contributed by atoms with Crippen LogP contribution in [0.1, 0.15) is 22.6 Å². The minimum absolute atomic E-state index is 0.0242. The minimum Gasteiger partial charge on any atom is -0.493 e. The Morgan fingerprint density at radius 2 is 1.56 bits per heavy atom. The fraction of sp³-hybridized carbons (Fsp3) is 0.296. The van der Waals surface area contributed by atoms with E-state index in [4.69, 9.17) is 14.2 Å². The lowest BCUT2D eigenvalue weighted by molar-refractivity contribution is -0.145. The van der Waals surface area contributed by atoms with Crippen LogP contribution in [-0.2, 0) is 22.7 Å². The summed E-state index contributed by atoms with van der Waals surface area (Å²) in [6.07, 6.45) is 0. The van der Waals surface area contributed by atoms with Gasteiger partial charge in [0.25, 0.3) is 0 Å². The van der Waals surface area contributed by atoms with Crippen LogP contribution in [0.2, 0.25) is 0 Å². The molecule has 0 spiro atoms. The van der Waals surface area contributed by atoms with Gasteiger partial charge in [-0.3, -0.25) is 9.69 Å². The zero-order valence-electron chi connectivity index (χ0n) is 18.6. The van der Waals surface area contributed by atoms with Crippen molar-refractivity contribution < 1.29 is 19.0 Å². The third-order valence-electron chi connectivity index (χ3n) is 6.00. The highest BCUT2D eigenvalue weighted by Crippen LogP contribution is 2.38. The molecule has 1 fully saturated rings. The smallest absolute Gasteiger partial charge is 0.310 e. The Labute approximate surface area is 189 Å². The van der Waals surface area contributed by atoms with Crippen LogP contribution >= 0.6 is 0 Å². The summed E-state index contributed by atoms with van der Waals surface area (Å²) in [5.74, 6) is 0.987. The average molecular weight is 432 g/mol. The maximum absolute atomic E-state index is 12.6. The van der Waals surface area contributed by atoms with Gasteiger partial charge in [-0.05, 0) is 28.8 Å². The Bertz CT molecular complexity index is 1020. The van der Waals surface area contributed by atoms with Crippen molar-refractivity contribution >= 4 is 5.97 Å². The van der Waals surface area contributed by atoms with Gasteiger partial charge in [0.1, 0.15) is 6.61 Å². The highest BCUT2D eigenvalue weighted by Gasteiger charge is 2.39. The minimum atomic E-state index is -0.223. The first-order valence-electron chi connectivity index (χ1n) is 10.9. The number of likely N-dealkylation sites (tertiary alicyclic amines) is 1. The number of rotatable bonds is 8. The van der Waals surface area contributed by atoms with Crippen LogP contribution in [0.25, 0.3) is 0 Å². The maximum atomic E-state index is 12.6. The van der Waals surface area contributed by atoms with Gasteiger partial charge < -0.3 is 14.2 Å². The van der Waals surface area contributed by atoms with Crippen LogP contribution in [0, 0.1) is 5.92 Å². The molecular formula is C27H29NO4. The third-order valence-corrected chi connectivity index (χ3v) is 6.00. The number of hydrogen-bond acceptors (Lipinski definition) is 5. The van der Waals surface area contributed by atoms with Crippen LogP contribution in [0.15, 0.2) is 78.9 Å². The second-order valence-electron chi connectivity index (χ2n) is 8.10. The summed E-state index contributed by atoms with van der Waals surface area (Å²) in [5, 5.41) is 0. The molecule has 0 radical (unpaired) electrons. The number of ether oxygens (including phenoxy) is 3. The van der Waals surface area contributed by atoms with E-state index in [0.717, 1.165) is 24.2 Å². The van der Waals surface area contributed by atoms with E-state index >= 15 is 0 Å². The maximum Gasteiger partial charge on any atom is 0.310 e. The lowest BCUT2D eigenvalue weighted by Crippen LogP contribution is -2.24. The van der Waals surface area contributed by atoms with Crippen molar-refractivity contribution in [1.82, 2.24) is 4.90 Å². The molecule has 32 heavy (non-hydrogen) atoms. The summed E-state index contributed by atoms with van der Waals surface area (Å²) in [5.41, 5.74) is 3.38. The molecule has 0 N–H and O–H groups in total. The number of carbonyl (C=O) groups is 1. The Morgan fingerprint density at radius 3 is 2.22 bits per heavy atom. The predicted octanol–water partition coefficient (Wildman–Crippen LogP) is 4.66. The van der Waals surface area contributed by atoms with E-state index in [2.05, 4.69) is 17.0 Å². The molecule has 166 valence electrons. The Morgan fingerprint density at radius 1 is 0.875 bits per heavy atom. The lowest BCUT2D eigenvalue weighted by atomic mass is 9.89. The van der Waals surface area contributed by atoms with Crippen molar-refractivity contribution in [2.75, 3.05) is 27.3 Å². The van der Waals surface area contributed by atoms with Gasteiger partial charge >= 0.3 is 5.97 Å². The molecule has 1 heterocycles. The van der Waals surface area contributed by atoms with Gasteiger partial charge in [0.05, 0.1) is 20.1 Å². The Hall–Kier alpha value is -3.31. The normalized spacial score (nSPS) is 18.3. The fourth-order valence-electron chi connectivity index (χ4n) is 4.36. The molecule has 0 bridgehead atoms. The number of methoxy groups -OCH3 is 2. The largest absolute Gasteiger partial charge is 0.493 e. The number of hydrogen-bond donors (Lipinski definition) is 0. The van der Waals surface area contributed by atoms with E-state index in [0.29, 0.717) is 24.7 Å². The molecule has 0 aliphatic carbocycles. The Balaban J connectivity index is 1.55. The molecule has 4 rings (SSSR count). The monoisotopic (exact) mass is 431 g/mol. The topological polar surface area (TPSA) is 48.0 Å². The molecule has 2 atom stereocenters. The molecule has 0 aromatic heterocycles. The number of nitrogens with zero attached hydrogens (tertiary/aromatic N) is 1. The van der Waals surface area contributed by atoms with Gasteiger partial charge in [0, 0.05) is 25.6 Å². The summed E-state index contributed by atoms with van der Waals surface area (Å²) in [7, 11) is 3.10. The highest BCUT2D eigenvalue weighted by atomic mass is 16.5. The summed E-state index contributed by atoms with van der Waals surface area (Å²) < 4.78 is 16.8. The quantitative estimate of drug-likeness (QED) is 0.486. The van der Waals surface area contributed by atoms with Crippen LogP contribution in [0.3, 0.4) is 0 Å². The zero-order valence-corrected chi connectivity index (χ0v) is 18.6. The van der Waals surface area contributed by atoms with Crippen LogP contribution < -0.4 is 9.47 Å². The van der Waals surface area contributed by atoms with Gasteiger partial charge in [-0.15, -0.1) is 0 Å². The molecule has 1 aliphatic rings. The van der Waals surface area contributed by atoms with E-state index in [9.17, 15) is 4.79 Å². The van der Waals surface area contributed by atoms with Gasteiger partial charge in [-0.25, -0.2) is 0 Å². The van der Waals surface area contributed by atoms with Gasteiger partial charge in [-0.1, -0.05) is 66.7 Å². The molecule has 5 nitrogen and oxygen atoms in total. The van der Waals surface area contributed by atoms with Crippen molar-refractivity contribution in [3.63, 3.8) is 0 Å². The fourth-order valence-corrected chi connectivity index (χ4v) is 4.36. The van der Waals surface area contributed by atoms with Crippen molar-refractivity contribution in [3.8, 4) is 11.5 Å². The van der Waals surface area contributed by atoms with E-state index in [1.54, 1.807) is 7.11 Å². The van der Waals surface area contributed by atoms with Crippen molar-refractivity contribution in [2.45, 2.75) is 19.1 Å². The lowest BCUT2D eigenvalue weighted by Gasteiger charge is -2.19. The molecular weight excluding hydrogens is 402 g/mol. The highest BCUT2D eigenvalue weighted by molar-refractivity contribution is 5.74. The second-order valence-corrected chi connectivity index (χ2v) is 8.10. The predicted molar refractivity (Wildman–Crippen MR) is 124 cm³/mol. The molecule has 5 heteroatoms. The molecule has 0 unspecified atom stereocenters. The SMILES string of the molecule is COC(=O)[C@H]1CN(Cc2ccccc2)C[C@@H]1c1ccc(OC)c(OCc2ccccc2)c1. The van der Waals surface area contributed by atoms with E-state index in [1.165, 1.54) is 12.7 Å². The molecule has 0 saturated carbocycles. The van der Waals surface area contributed by atoms with Crippen molar-refractivity contribution in [3.05, 3.63) is 95.6 Å². The summed E-state index contributed by atoms with van der Waals surface area (Å²) >= 11 is 0. The second kappa shape index (κ2) is 10.3. The molecule has 3 aromatic carbocycles. The van der Waals surface area contributed by atoms with Crippen LogP contribution in [-0.4, -0.2) is 38.2 Å². The number of esters is 1. The summed E-state index contributed by atoms with van der Waals surface area (Å²) in [6, 6.07) is 26.3. The van der Waals surface area contributed by atoms with E-state index in [-0.39, 0.29) is 17.8 Å². The van der Waals surface area contributed by atoms with Gasteiger partial charge in [0.15, 0.2) is 11.5 Å². The molecule has 1 aliphatic heterocycles. The van der Waals surface area contributed by atoms with E-state index in [1.807, 2.05) is 66.7 Å². The van der Waals surface area contributed by atoms with Crippen LogP contribution in [0.5, 0.6) is 11.5 Å². The first kappa shape index (κ1) is 21.9. The van der Waals surface area contributed by atoms with Crippen LogP contribution in [0.4, 0.5) is 0 Å². The Kier molecular flexibility index (Phi) is 7.07. The number of benzene rings is 3. The molecule has 3 aromatic rings. The van der Waals surface area contributed by atoms with E-state index < -0.39 is 0 Å². The van der Waals surface area contributed by atoms with Gasteiger partial charge in [0.2, 0.25) is 0 Å². The standard InChI is InChI=1S/C27H29NO4/c1-30-25-14-13-22(15-26(25)32-19-21-11-7-4-8-12-21)23-17-28(18-24(23)27(29)31-2)16-20-9-5-3-6-10-20/h3-15,23-24H,16-19H2,1-2H3/t23-,24+/m1/s1. The summed E-state index contributed by atoms with van der Waals surface area (Å²) in [4.78, 5) is 14.9. The van der Waals surface area contributed by atoms with Crippen molar-refractivity contribution in [1.29, 1.82) is 0 Å². The molecule has 0 amide bonds.